The standard InChI is InChI=1S/C29H54BrN3O5Si3.C29H55N3O5Si3/c1-27(2,3)39(10,11)35-18-20-22(37-40(12,13)28(4,5)6)23(38-41(14,15)29(7,8)9)25(36-20)33-19-16-17-31-24(34)21(19)32-26(33)30;1-27(2,3)38(10,11)34-18-21-23(36-39(12,13)28(4,5)6)24(37-40(14,15)29(7,8)9)26(35-21)32-19-31-22-20(32)16-17-30-25(22)33/h16-17,20,22-23,25H,18H2,1-15H3,(H,31,34);16-17,19,21,23-24,26H,18H2,1-15H3,(H,30,33). The molecule has 0 aliphatic carbocycles. The minimum Gasteiger partial charge on any atom is -0.414 e. The molecule has 16 nitrogen and oxygen atoms in total. The number of nitrogens with one attached hydrogen (secondary N) is 2. The lowest BCUT2D eigenvalue weighted by atomic mass is 10.1. The molecular formula is C58H109BrN6O10Si6. The van der Waals surface area contributed by atoms with Crippen molar-refractivity contribution in [3.05, 3.63) is 56.3 Å². The average Bonchev–Trinajstić information content (AvgIpc) is 4.13. The molecule has 81 heavy (non-hydrogen) atoms. The van der Waals surface area contributed by atoms with Crippen molar-refractivity contribution in [2.45, 2.75) is 283 Å². The fourth-order valence-corrected chi connectivity index (χ4v) is 16.0. The van der Waals surface area contributed by atoms with Crippen LogP contribution in [0, 0.1) is 0 Å². The van der Waals surface area contributed by atoms with Gasteiger partial charge < -0.3 is 50.6 Å². The first-order valence-electron chi connectivity index (χ1n) is 29.3. The third-order valence-electron chi connectivity index (χ3n) is 20.0. The van der Waals surface area contributed by atoms with Crippen LogP contribution >= 0.6 is 15.9 Å². The summed E-state index contributed by atoms with van der Waals surface area (Å²) in [7, 11) is -13.2. The molecule has 6 rings (SSSR count). The number of H-pyrrole nitrogens is 2. The van der Waals surface area contributed by atoms with Crippen LogP contribution in [0.3, 0.4) is 0 Å². The maximum absolute atomic E-state index is 12.7. The number of nitrogens with zero attached hydrogens (tertiary/aromatic N) is 4. The molecule has 0 bridgehead atoms. The number of rotatable bonds is 16. The smallest absolute Gasteiger partial charge is 0.276 e. The van der Waals surface area contributed by atoms with E-state index in [1.54, 1.807) is 18.7 Å². The molecule has 2 N–H and O–H groups in total. The molecule has 8 atom stereocenters. The van der Waals surface area contributed by atoms with Gasteiger partial charge in [-0.3, -0.25) is 14.2 Å². The van der Waals surface area contributed by atoms with Crippen molar-refractivity contribution in [2.75, 3.05) is 13.2 Å². The van der Waals surface area contributed by atoms with E-state index in [9.17, 15) is 9.59 Å². The summed E-state index contributed by atoms with van der Waals surface area (Å²) in [5, 5.41) is 0.0878. The van der Waals surface area contributed by atoms with E-state index >= 15 is 0 Å². The van der Waals surface area contributed by atoms with Crippen LogP contribution in [0.5, 0.6) is 0 Å². The van der Waals surface area contributed by atoms with Crippen LogP contribution in [0.1, 0.15) is 137 Å². The summed E-state index contributed by atoms with van der Waals surface area (Å²) in [6.07, 6.45) is 1.75. The molecule has 6 heterocycles. The SMILES string of the molecule is CC(C)(C)[Si](C)(C)OCC1OC(n2c(Br)nc3c(=O)[nH]ccc32)C(O[Si](C)(C)C(C)(C)C)C1O[Si](C)(C)C(C)(C)C.CC(C)(C)[Si](C)(C)OCC1OC(n2cnc3c(=O)[nH]ccc32)C(O[Si](C)(C)C(C)(C)C)C1O[Si](C)(C)C(C)(C)C. The highest BCUT2D eigenvalue weighted by molar-refractivity contribution is 9.10. The third-order valence-corrected chi connectivity index (χ3v) is 47.4. The zero-order valence-corrected chi connectivity index (χ0v) is 63.3. The van der Waals surface area contributed by atoms with Gasteiger partial charge >= 0.3 is 0 Å². The zero-order valence-electron chi connectivity index (χ0n) is 55.7. The van der Waals surface area contributed by atoms with Gasteiger partial charge in [-0.25, -0.2) is 9.97 Å². The number of hydrogen-bond acceptors (Lipinski definition) is 12. The number of imidazole rings is 2. The van der Waals surface area contributed by atoms with Gasteiger partial charge in [-0.05, 0) is 137 Å². The predicted molar refractivity (Wildman–Crippen MR) is 351 cm³/mol. The third kappa shape index (κ3) is 15.2. The van der Waals surface area contributed by atoms with E-state index in [-0.39, 0.29) is 71.9 Å². The van der Waals surface area contributed by atoms with Crippen LogP contribution in [0.2, 0.25) is 109 Å². The maximum Gasteiger partial charge on any atom is 0.276 e. The van der Waals surface area contributed by atoms with Crippen LogP contribution in [0.15, 0.2) is 45.2 Å². The second kappa shape index (κ2) is 23.8. The molecule has 0 aromatic carbocycles. The van der Waals surface area contributed by atoms with Crippen molar-refractivity contribution in [1.82, 2.24) is 29.1 Å². The van der Waals surface area contributed by atoms with Gasteiger partial charge in [0.05, 0.1) is 30.6 Å². The molecule has 2 saturated heterocycles. The number of halogens is 1. The fourth-order valence-electron chi connectivity index (χ4n) is 8.16. The molecule has 0 spiro atoms. The topological polar surface area (TPSA) is 175 Å². The first kappa shape index (κ1) is 70.1. The van der Waals surface area contributed by atoms with Crippen LogP contribution in [-0.2, 0) is 36.0 Å². The Hall–Kier alpha value is -1.70. The Morgan fingerprint density at radius 1 is 0.481 bits per heavy atom. The highest BCUT2D eigenvalue weighted by atomic mass is 79.9. The molecule has 23 heteroatoms. The summed E-state index contributed by atoms with van der Waals surface area (Å²) in [5.74, 6) is 0. The number of fused-ring (bicyclic) bond motifs is 2. The fraction of sp³-hybridized carbons (Fsp3) is 0.793. The van der Waals surface area contributed by atoms with E-state index < -0.39 is 68.5 Å². The van der Waals surface area contributed by atoms with E-state index in [2.05, 4.69) is 239 Å². The Balaban J connectivity index is 0.000000297. The van der Waals surface area contributed by atoms with E-state index in [0.29, 0.717) is 34.5 Å². The molecule has 4 aromatic rings. The molecule has 0 amide bonds. The van der Waals surface area contributed by atoms with Crippen molar-refractivity contribution in [3.63, 3.8) is 0 Å². The number of pyridine rings is 2. The maximum atomic E-state index is 12.7. The second-order valence-corrected chi connectivity index (χ2v) is 61.5. The molecule has 0 radical (unpaired) electrons. The lowest BCUT2D eigenvalue weighted by Crippen LogP contribution is -2.54. The van der Waals surface area contributed by atoms with E-state index in [0.717, 1.165) is 5.52 Å². The van der Waals surface area contributed by atoms with Gasteiger partial charge in [-0.1, -0.05) is 125 Å². The summed E-state index contributed by atoms with van der Waals surface area (Å²) >= 11 is 3.65. The Morgan fingerprint density at radius 2 is 0.802 bits per heavy atom. The van der Waals surface area contributed by atoms with Gasteiger partial charge in [-0.2, -0.15) is 0 Å². The van der Waals surface area contributed by atoms with E-state index in [4.69, 9.17) is 36.0 Å². The van der Waals surface area contributed by atoms with Gasteiger partial charge in [0.15, 0.2) is 78.1 Å². The summed E-state index contributed by atoms with van der Waals surface area (Å²) in [4.78, 5) is 39.7. The summed E-state index contributed by atoms with van der Waals surface area (Å²) in [6, 6.07) is 3.74. The Kier molecular flexibility index (Phi) is 20.6. The van der Waals surface area contributed by atoms with Gasteiger partial charge in [-0.15, -0.1) is 0 Å². The van der Waals surface area contributed by atoms with Crippen molar-refractivity contribution >= 4 is 87.9 Å². The molecule has 462 valence electrons. The summed E-state index contributed by atoms with van der Waals surface area (Å²) in [6.45, 7) is 68.6. The van der Waals surface area contributed by atoms with E-state index in [1.807, 2.05) is 21.3 Å². The first-order chi connectivity index (χ1) is 36.2. The van der Waals surface area contributed by atoms with Crippen molar-refractivity contribution in [3.8, 4) is 0 Å². The number of ether oxygens (including phenoxy) is 2. The lowest BCUT2D eigenvalue weighted by Gasteiger charge is -2.44. The molecule has 2 aliphatic rings. The molecule has 8 unspecified atom stereocenters. The van der Waals surface area contributed by atoms with Gasteiger partial charge in [0.1, 0.15) is 36.6 Å². The highest BCUT2D eigenvalue weighted by Crippen LogP contribution is 2.50. The normalized spacial score (nSPS) is 23.6. The number of aromatic amines is 2. The highest BCUT2D eigenvalue weighted by Gasteiger charge is 2.57. The quantitative estimate of drug-likeness (QED) is 0.102. The van der Waals surface area contributed by atoms with Gasteiger partial charge in [0.25, 0.3) is 11.1 Å². The van der Waals surface area contributed by atoms with Gasteiger partial charge in [0, 0.05) is 12.4 Å². The Bertz CT molecular complexity index is 2910. The number of aromatic nitrogens is 6. The van der Waals surface area contributed by atoms with Crippen molar-refractivity contribution < 1.29 is 36.0 Å². The van der Waals surface area contributed by atoms with Gasteiger partial charge in [0.2, 0.25) is 0 Å². The summed E-state index contributed by atoms with van der Waals surface area (Å²) < 4.78 is 60.7. The molecular weight excluding hydrogens is 1190 g/mol. The first-order valence-corrected chi connectivity index (χ1v) is 47.5. The van der Waals surface area contributed by atoms with Crippen molar-refractivity contribution in [1.29, 1.82) is 0 Å². The zero-order chi connectivity index (χ0) is 62.2. The average molecular weight is 1300 g/mol. The van der Waals surface area contributed by atoms with Crippen molar-refractivity contribution in [2.24, 2.45) is 0 Å². The van der Waals surface area contributed by atoms with E-state index in [1.165, 1.54) is 0 Å². The van der Waals surface area contributed by atoms with Crippen LogP contribution < -0.4 is 11.1 Å². The molecule has 0 saturated carbocycles. The second-order valence-electron chi connectivity index (χ2n) is 32.1. The largest absolute Gasteiger partial charge is 0.414 e. The van der Waals surface area contributed by atoms with Crippen LogP contribution in [0.4, 0.5) is 0 Å². The van der Waals surface area contributed by atoms with Crippen LogP contribution in [0.25, 0.3) is 22.1 Å². The lowest BCUT2D eigenvalue weighted by molar-refractivity contribution is -0.0478. The molecule has 2 aliphatic heterocycles. The minimum atomic E-state index is -2.30. The molecule has 2 fully saturated rings. The monoisotopic (exact) mass is 1300 g/mol. The Labute approximate surface area is 501 Å². The number of hydrogen-bond donors (Lipinski definition) is 2. The minimum absolute atomic E-state index is 0.00639. The molecule has 4 aromatic heterocycles. The predicted octanol–water partition coefficient (Wildman–Crippen LogP) is 15.6. The Morgan fingerprint density at radius 3 is 1.17 bits per heavy atom. The van der Waals surface area contributed by atoms with Crippen LogP contribution in [-0.4, -0.2) is 129 Å². The summed E-state index contributed by atoms with van der Waals surface area (Å²) in [5.41, 5.74) is 1.69.